The van der Waals surface area contributed by atoms with E-state index >= 15 is 0 Å². The number of nitrogens with zero attached hydrogens (tertiary/aromatic N) is 1. The van der Waals surface area contributed by atoms with Crippen LogP contribution in [0.2, 0.25) is 0 Å². The van der Waals surface area contributed by atoms with Crippen LogP contribution in [0.4, 0.5) is 0 Å². The van der Waals surface area contributed by atoms with E-state index in [4.69, 9.17) is 4.42 Å². The topological polar surface area (TPSA) is 72.2 Å². The maximum atomic E-state index is 12.3. The summed E-state index contributed by atoms with van der Waals surface area (Å²) in [5.74, 6) is 0.869. The molecular formula is C17H22N2O3S. The van der Waals surface area contributed by atoms with Gasteiger partial charge in [-0.15, -0.1) is 0 Å². The van der Waals surface area contributed by atoms with E-state index in [9.17, 15) is 9.00 Å². The number of amides is 1. The van der Waals surface area contributed by atoms with Gasteiger partial charge >= 0.3 is 0 Å². The number of benzene rings is 1. The lowest BCUT2D eigenvalue weighted by molar-refractivity contribution is -0.120. The van der Waals surface area contributed by atoms with Crippen LogP contribution in [0.15, 0.2) is 41.0 Å². The first-order chi connectivity index (χ1) is 11.0. The van der Waals surface area contributed by atoms with Gasteiger partial charge in [-0.25, -0.2) is 4.98 Å². The van der Waals surface area contributed by atoms with Crippen molar-refractivity contribution >= 4 is 16.7 Å². The first kappa shape index (κ1) is 17.4. The molecule has 124 valence electrons. The second-order valence-corrected chi connectivity index (χ2v) is 7.57. The lowest BCUT2D eigenvalue weighted by atomic mass is 10.2. The number of carbonyl (C=O) groups is 1. The highest BCUT2D eigenvalue weighted by atomic mass is 32.2. The SMILES string of the molecule is CC(C)CNC(=O)[C@@H](C)[S@](=O)Cc1coc(-c2ccccc2)n1. The Morgan fingerprint density at radius 1 is 1.26 bits per heavy atom. The molecule has 0 aliphatic rings. The van der Waals surface area contributed by atoms with Crippen LogP contribution in [-0.4, -0.2) is 26.9 Å². The van der Waals surface area contributed by atoms with E-state index in [-0.39, 0.29) is 11.7 Å². The van der Waals surface area contributed by atoms with E-state index in [0.717, 1.165) is 5.56 Å². The molecule has 0 saturated heterocycles. The van der Waals surface area contributed by atoms with E-state index in [1.807, 2.05) is 44.2 Å². The summed E-state index contributed by atoms with van der Waals surface area (Å²) in [5.41, 5.74) is 1.46. The van der Waals surface area contributed by atoms with Crippen molar-refractivity contribution in [3.63, 3.8) is 0 Å². The number of rotatable bonds is 7. The zero-order valence-electron chi connectivity index (χ0n) is 13.6. The number of aromatic nitrogens is 1. The minimum absolute atomic E-state index is 0.191. The minimum Gasteiger partial charge on any atom is -0.444 e. The summed E-state index contributed by atoms with van der Waals surface area (Å²) >= 11 is 0. The minimum atomic E-state index is -1.34. The average molecular weight is 334 g/mol. The van der Waals surface area contributed by atoms with Crippen molar-refractivity contribution in [3.05, 3.63) is 42.3 Å². The molecule has 0 unspecified atom stereocenters. The fourth-order valence-corrected chi connectivity index (χ4v) is 2.92. The Morgan fingerprint density at radius 3 is 2.61 bits per heavy atom. The lowest BCUT2D eigenvalue weighted by Gasteiger charge is -2.12. The Labute approximate surface area is 139 Å². The van der Waals surface area contributed by atoms with Gasteiger partial charge in [-0.2, -0.15) is 0 Å². The fourth-order valence-electron chi connectivity index (χ4n) is 1.93. The quantitative estimate of drug-likeness (QED) is 0.845. The van der Waals surface area contributed by atoms with Gasteiger partial charge in [0.15, 0.2) is 0 Å². The van der Waals surface area contributed by atoms with Gasteiger partial charge in [-0.1, -0.05) is 32.0 Å². The Morgan fingerprint density at radius 2 is 1.96 bits per heavy atom. The second kappa shape index (κ2) is 8.06. The van der Waals surface area contributed by atoms with Gasteiger partial charge in [0.1, 0.15) is 11.5 Å². The third-order valence-electron chi connectivity index (χ3n) is 3.31. The number of nitrogens with one attached hydrogen (secondary N) is 1. The highest BCUT2D eigenvalue weighted by Crippen LogP contribution is 2.19. The Bertz CT molecular complexity index is 667. The van der Waals surface area contributed by atoms with Gasteiger partial charge in [0, 0.05) is 22.9 Å². The second-order valence-electron chi connectivity index (χ2n) is 5.82. The molecule has 1 aromatic carbocycles. The molecule has 1 aromatic heterocycles. The fraction of sp³-hybridized carbons (Fsp3) is 0.412. The number of oxazole rings is 1. The van der Waals surface area contributed by atoms with Crippen molar-refractivity contribution in [1.82, 2.24) is 10.3 Å². The van der Waals surface area contributed by atoms with Gasteiger partial charge in [-0.05, 0) is 25.0 Å². The summed E-state index contributed by atoms with van der Waals surface area (Å²) < 4.78 is 17.7. The Kier molecular flexibility index (Phi) is 6.10. The van der Waals surface area contributed by atoms with E-state index < -0.39 is 16.0 Å². The Balaban J connectivity index is 1.95. The molecule has 2 aromatic rings. The first-order valence-electron chi connectivity index (χ1n) is 7.62. The van der Waals surface area contributed by atoms with Crippen LogP contribution in [0.25, 0.3) is 11.5 Å². The predicted octanol–water partition coefficient (Wildman–Crippen LogP) is 2.75. The molecule has 0 aliphatic carbocycles. The van der Waals surface area contributed by atoms with Crippen LogP contribution in [0.5, 0.6) is 0 Å². The highest BCUT2D eigenvalue weighted by molar-refractivity contribution is 7.85. The zero-order chi connectivity index (χ0) is 16.8. The summed E-state index contributed by atoms with van der Waals surface area (Å²) in [5, 5.41) is 2.23. The molecule has 0 radical (unpaired) electrons. The predicted molar refractivity (Wildman–Crippen MR) is 91.1 cm³/mol. The Hall–Kier alpha value is -1.95. The standard InChI is InChI=1S/C17H22N2O3S/c1-12(2)9-18-16(20)13(3)23(21)11-15-10-22-17(19-15)14-7-5-4-6-8-14/h4-8,10,12-13H,9,11H2,1-3H3,(H,18,20)/t13-,23-/m1/s1. The summed E-state index contributed by atoms with van der Waals surface area (Å²) in [7, 11) is -1.34. The molecule has 0 spiro atoms. The molecule has 2 rings (SSSR count). The molecule has 1 heterocycles. The van der Waals surface area contributed by atoms with E-state index in [2.05, 4.69) is 10.3 Å². The molecule has 0 fully saturated rings. The van der Waals surface area contributed by atoms with Crippen LogP contribution >= 0.6 is 0 Å². The molecule has 0 saturated carbocycles. The van der Waals surface area contributed by atoms with Crippen LogP contribution in [0.3, 0.4) is 0 Å². The van der Waals surface area contributed by atoms with Crippen molar-refractivity contribution in [2.24, 2.45) is 5.92 Å². The van der Waals surface area contributed by atoms with Crippen molar-refractivity contribution in [3.8, 4) is 11.5 Å². The maximum Gasteiger partial charge on any atom is 0.235 e. The molecule has 1 amide bonds. The molecule has 5 nitrogen and oxygen atoms in total. The van der Waals surface area contributed by atoms with Crippen molar-refractivity contribution in [1.29, 1.82) is 0 Å². The van der Waals surface area contributed by atoms with Crippen molar-refractivity contribution in [2.75, 3.05) is 6.54 Å². The number of carbonyl (C=O) groups excluding carboxylic acids is 1. The third-order valence-corrected chi connectivity index (χ3v) is 4.89. The van der Waals surface area contributed by atoms with E-state index in [1.54, 1.807) is 6.92 Å². The van der Waals surface area contributed by atoms with Crippen molar-refractivity contribution < 1.29 is 13.4 Å². The normalized spacial score (nSPS) is 13.7. The molecule has 2 atom stereocenters. The van der Waals surface area contributed by atoms with Gasteiger partial charge in [-0.3, -0.25) is 9.00 Å². The summed E-state index contributed by atoms with van der Waals surface area (Å²) in [6, 6.07) is 9.51. The molecule has 0 aliphatic heterocycles. The van der Waals surface area contributed by atoms with Crippen LogP contribution < -0.4 is 5.32 Å². The summed E-state index contributed by atoms with van der Waals surface area (Å²) in [6.45, 7) is 6.29. The monoisotopic (exact) mass is 334 g/mol. The molecule has 23 heavy (non-hydrogen) atoms. The molecule has 1 N–H and O–H groups in total. The number of hydrogen-bond donors (Lipinski definition) is 1. The van der Waals surface area contributed by atoms with E-state index in [1.165, 1.54) is 6.26 Å². The molecular weight excluding hydrogens is 312 g/mol. The zero-order valence-corrected chi connectivity index (χ0v) is 14.4. The number of hydrogen-bond acceptors (Lipinski definition) is 4. The average Bonchev–Trinajstić information content (AvgIpc) is 3.01. The first-order valence-corrected chi connectivity index (χ1v) is 9.00. The third kappa shape index (κ3) is 5.03. The van der Waals surface area contributed by atoms with Crippen molar-refractivity contribution in [2.45, 2.75) is 31.8 Å². The smallest absolute Gasteiger partial charge is 0.235 e. The summed E-state index contributed by atoms with van der Waals surface area (Å²) in [4.78, 5) is 16.3. The summed E-state index contributed by atoms with van der Waals surface area (Å²) in [6.07, 6.45) is 1.50. The van der Waals surface area contributed by atoms with Gasteiger partial charge in [0.25, 0.3) is 0 Å². The van der Waals surface area contributed by atoms with Gasteiger partial charge < -0.3 is 9.73 Å². The van der Waals surface area contributed by atoms with Crippen LogP contribution in [0.1, 0.15) is 26.5 Å². The largest absolute Gasteiger partial charge is 0.444 e. The highest BCUT2D eigenvalue weighted by Gasteiger charge is 2.21. The maximum absolute atomic E-state index is 12.3. The van der Waals surface area contributed by atoms with Crippen LogP contribution in [0, 0.1) is 5.92 Å². The lowest BCUT2D eigenvalue weighted by Crippen LogP contribution is -2.37. The molecule has 0 bridgehead atoms. The van der Waals surface area contributed by atoms with Gasteiger partial charge in [0.2, 0.25) is 11.8 Å². The van der Waals surface area contributed by atoms with E-state index in [0.29, 0.717) is 24.0 Å². The van der Waals surface area contributed by atoms with Gasteiger partial charge in [0.05, 0.1) is 11.4 Å². The van der Waals surface area contributed by atoms with Crippen LogP contribution in [-0.2, 0) is 21.3 Å². The molecule has 6 heteroatoms.